The van der Waals surface area contributed by atoms with Crippen LogP contribution in [-0.2, 0) is 26.0 Å². The van der Waals surface area contributed by atoms with E-state index in [0.717, 1.165) is 12.8 Å². The molecule has 1 aromatic rings. The van der Waals surface area contributed by atoms with Gasteiger partial charge in [0.1, 0.15) is 0 Å². The van der Waals surface area contributed by atoms with Crippen LogP contribution in [0.3, 0.4) is 0 Å². The fourth-order valence-electron chi connectivity index (χ4n) is 4.66. The highest BCUT2D eigenvalue weighted by Crippen LogP contribution is 2.14. The highest BCUT2D eigenvalue weighted by molar-refractivity contribution is 7.89. The van der Waals surface area contributed by atoms with E-state index in [4.69, 9.17) is 9.47 Å². The van der Waals surface area contributed by atoms with Gasteiger partial charge in [-0.15, -0.1) is 0 Å². The number of nitrogens with one attached hydrogen (secondary N) is 1. The number of nitrogens with zero attached hydrogens (tertiary/aromatic N) is 3. The molecule has 1 heterocycles. The summed E-state index contributed by atoms with van der Waals surface area (Å²) in [5.74, 6) is -0.0691. The van der Waals surface area contributed by atoms with Crippen LogP contribution in [0.25, 0.3) is 0 Å². The number of ether oxygens (including phenoxy) is 2. The fraction of sp³-hybridized carbons (Fsp3) is 0.867. The summed E-state index contributed by atoms with van der Waals surface area (Å²) in [5, 5.41) is 0. The molecular formula is C30H58N4O5S. The summed E-state index contributed by atoms with van der Waals surface area (Å²) >= 11 is 0. The van der Waals surface area contributed by atoms with Gasteiger partial charge in [-0.2, -0.15) is 0 Å². The maximum Gasteiger partial charge on any atom is 0.409 e. The molecule has 1 N–H and O–H groups in total. The largest absolute Gasteiger partial charge is 0.449 e. The fourth-order valence-corrected chi connectivity index (χ4v) is 5.78. The van der Waals surface area contributed by atoms with E-state index in [-0.39, 0.29) is 18.8 Å². The predicted octanol–water partition coefficient (Wildman–Crippen LogP) is 6.54. The van der Waals surface area contributed by atoms with Gasteiger partial charge in [0.05, 0.1) is 30.8 Å². The number of sulfonamides is 1. The van der Waals surface area contributed by atoms with Crippen molar-refractivity contribution < 1.29 is 22.7 Å². The molecule has 1 rings (SSSR count). The number of hydrogen-bond donors (Lipinski definition) is 1. The Morgan fingerprint density at radius 3 is 1.93 bits per heavy atom. The molecule has 40 heavy (non-hydrogen) atoms. The Bertz CT molecular complexity index is 850. The van der Waals surface area contributed by atoms with Crippen molar-refractivity contribution in [2.75, 3.05) is 39.6 Å². The van der Waals surface area contributed by atoms with Gasteiger partial charge < -0.3 is 18.9 Å². The molecule has 0 fully saturated rings. The Morgan fingerprint density at radius 1 is 0.925 bits per heavy atom. The number of carbonyl (C=O) groups excluding carboxylic acids is 1. The van der Waals surface area contributed by atoms with Gasteiger partial charge in [-0.1, -0.05) is 103 Å². The summed E-state index contributed by atoms with van der Waals surface area (Å²) in [7, 11) is -0.361. The number of rotatable bonds is 26. The zero-order valence-electron chi connectivity index (χ0n) is 25.9. The van der Waals surface area contributed by atoms with Gasteiger partial charge in [-0.25, -0.2) is 22.9 Å². The van der Waals surface area contributed by atoms with Crippen molar-refractivity contribution in [1.82, 2.24) is 19.2 Å². The Labute approximate surface area is 244 Å². The topological polar surface area (TPSA) is 103 Å². The molecule has 0 radical (unpaired) electrons. The minimum atomic E-state index is -3.51. The van der Waals surface area contributed by atoms with Gasteiger partial charge in [0.25, 0.3) is 0 Å². The average molecular weight is 587 g/mol. The maximum atomic E-state index is 12.4. The molecule has 10 heteroatoms. The van der Waals surface area contributed by atoms with Crippen LogP contribution in [0.2, 0.25) is 0 Å². The molecule has 0 aliphatic carbocycles. The monoisotopic (exact) mass is 586 g/mol. The van der Waals surface area contributed by atoms with Gasteiger partial charge in [-0.3, -0.25) is 0 Å². The second-order valence-corrected chi connectivity index (χ2v) is 13.3. The average Bonchev–Trinajstić information content (AvgIpc) is 3.46. The van der Waals surface area contributed by atoms with E-state index >= 15 is 0 Å². The molecule has 0 saturated heterocycles. The van der Waals surface area contributed by atoms with E-state index in [9.17, 15) is 13.2 Å². The summed E-state index contributed by atoms with van der Waals surface area (Å²) in [4.78, 5) is 17.8. The lowest BCUT2D eigenvalue weighted by Gasteiger charge is -2.32. The molecule has 0 bridgehead atoms. The highest BCUT2D eigenvalue weighted by Gasteiger charge is 2.30. The van der Waals surface area contributed by atoms with Crippen LogP contribution in [0, 0.1) is 0 Å². The van der Waals surface area contributed by atoms with E-state index in [1.807, 2.05) is 0 Å². The standard InChI is InChI=1S/C30H58N4O5S/c1-5-6-7-8-9-10-11-12-13-14-15-16-17-18-19-20-24-39-29(35)33(3)27-30(2,38-4)26-32-40(36,37)25-23-34-22-21-31-28-34/h21-22,28,32H,5-20,23-27H2,1-4H3. The van der Waals surface area contributed by atoms with Crippen LogP contribution in [0.1, 0.15) is 117 Å². The number of imidazole rings is 1. The Morgan fingerprint density at radius 2 is 1.45 bits per heavy atom. The summed E-state index contributed by atoms with van der Waals surface area (Å²) in [6.45, 7) is 4.99. The number of hydrogen-bond acceptors (Lipinski definition) is 6. The minimum absolute atomic E-state index is 0.0481. The minimum Gasteiger partial charge on any atom is -0.449 e. The first-order chi connectivity index (χ1) is 19.2. The quantitative estimate of drug-likeness (QED) is 0.124. The molecule has 1 amide bonds. The number of carbonyl (C=O) groups is 1. The van der Waals surface area contributed by atoms with Gasteiger partial charge in [0.2, 0.25) is 10.0 Å². The SMILES string of the molecule is CCCCCCCCCCCCCCCCCCOC(=O)N(C)CC(C)(CNS(=O)(=O)CCn1ccnc1)OC. The number of unbranched alkanes of at least 4 members (excludes halogenated alkanes) is 15. The molecule has 0 saturated carbocycles. The molecule has 234 valence electrons. The third kappa shape index (κ3) is 18.7. The van der Waals surface area contributed by atoms with Gasteiger partial charge in [0.15, 0.2) is 0 Å². The lowest BCUT2D eigenvalue weighted by atomic mass is 10.0. The molecule has 0 aliphatic rings. The smallest absolute Gasteiger partial charge is 0.409 e. The van der Waals surface area contributed by atoms with Crippen LogP contribution < -0.4 is 4.72 Å². The van der Waals surface area contributed by atoms with Gasteiger partial charge >= 0.3 is 6.09 Å². The summed E-state index contributed by atoms with van der Waals surface area (Å²) < 4.78 is 40.0. The first-order valence-corrected chi connectivity index (χ1v) is 17.2. The Kier molecular flexibility index (Phi) is 20.0. The first kappa shape index (κ1) is 36.4. The Hall–Kier alpha value is -1.65. The lowest BCUT2D eigenvalue weighted by molar-refractivity contribution is -0.0130. The third-order valence-electron chi connectivity index (χ3n) is 7.44. The Balaban J connectivity index is 2.06. The van der Waals surface area contributed by atoms with Crippen molar-refractivity contribution >= 4 is 16.1 Å². The molecule has 9 nitrogen and oxygen atoms in total. The number of aryl methyl sites for hydroxylation is 1. The van der Waals surface area contributed by atoms with Crippen LogP contribution in [0.4, 0.5) is 4.79 Å². The van der Waals surface area contributed by atoms with Crippen LogP contribution in [0.5, 0.6) is 0 Å². The number of aromatic nitrogens is 2. The van der Waals surface area contributed by atoms with Crippen LogP contribution in [-0.4, -0.2) is 74.2 Å². The molecule has 1 unspecified atom stereocenters. The summed E-state index contributed by atoms with van der Waals surface area (Å²) in [6.07, 6.45) is 25.3. The zero-order valence-corrected chi connectivity index (χ0v) is 26.7. The van der Waals surface area contributed by atoms with E-state index in [2.05, 4.69) is 16.6 Å². The van der Waals surface area contributed by atoms with Crippen molar-refractivity contribution in [1.29, 1.82) is 0 Å². The van der Waals surface area contributed by atoms with E-state index in [1.165, 1.54) is 102 Å². The second kappa shape index (κ2) is 22.0. The molecule has 1 aromatic heterocycles. The third-order valence-corrected chi connectivity index (χ3v) is 8.75. The maximum absolute atomic E-state index is 12.4. The second-order valence-electron chi connectivity index (χ2n) is 11.4. The molecular weight excluding hydrogens is 528 g/mol. The van der Waals surface area contributed by atoms with Crippen molar-refractivity contribution in [3.05, 3.63) is 18.7 Å². The number of methoxy groups -OCH3 is 1. The molecule has 1 atom stereocenters. The van der Waals surface area contributed by atoms with E-state index in [1.54, 1.807) is 37.3 Å². The van der Waals surface area contributed by atoms with Gasteiger partial charge in [-0.05, 0) is 13.3 Å². The molecule has 0 aromatic carbocycles. The van der Waals surface area contributed by atoms with Crippen molar-refractivity contribution in [3.8, 4) is 0 Å². The van der Waals surface area contributed by atoms with Crippen LogP contribution in [0.15, 0.2) is 18.7 Å². The van der Waals surface area contributed by atoms with Crippen molar-refractivity contribution in [3.63, 3.8) is 0 Å². The van der Waals surface area contributed by atoms with Crippen molar-refractivity contribution in [2.45, 2.75) is 129 Å². The number of likely N-dealkylation sites (N-methyl/N-ethyl adjacent to an activating group) is 1. The van der Waals surface area contributed by atoms with Crippen molar-refractivity contribution in [2.24, 2.45) is 0 Å². The highest BCUT2D eigenvalue weighted by atomic mass is 32.2. The van der Waals surface area contributed by atoms with E-state index in [0.29, 0.717) is 13.2 Å². The molecule has 0 aliphatic heterocycles. The zero-order chi connectivity index (χ0) is 29.5. The summed E-state index contributed by atoms with van der Waals surface area (Å²) in [6, 6.07) is 0. The predicted molar refractivity (Wildman–Crippen MR) is 163 cm³/mol. The normalized spacial score (nSPS) is 13.3. The molecule has 0 spiro atoms. The lowest BCUT2D eigenvalue weighted by Crippen LogP contribution is -2.51. The summed E-state index contributed by atoms with van der Waals surface area (Å²) in [5.41, 5.74) is -0.885. The van der Waals surface area contributed by atoms with E-state index < -0.39 is 21.7 Å². The number of amides is 1. The van der Waals surface area contributed by atoms with Crippen LogP contribution >= 0.6 is 0 Å². The van der Waals surface area contributed by atoms with Gasteiger partial charge in [0, 0.05) is 39.6 Å². The first-order valence-electron chi connectivity index (χ1n) is 15.6.